The van der Waals surface area contributed by atoms with Crippen LogP contribution in [0.3, 0.4) is 0 Å². The van der Waals surface area contributed by atoms with E-state index in [0.29, 0.717) is 6.10 Å². The molecule has 1 aliphatic heterocycles. The fourth-order valence-electron chi connectivity index (χ4n) is 2.78. The van der Waals surface area contributed by atoms with Gasteiger partial charge in [0, 0.05) is 0 Å². The molecule has 1 nitrogen and oxygen atoms in total. The summed E-state index contributed by atoms with van der Waals surface area (Å²) in [7, 11) is 0. The molecule has 1 aliphatic carbocycles. The van der Waals surface area contributed by atoms with Crippen LogP contribution in [-0.2, 0) is 4.74 Å². The zero-order valence-corrected chi connectivity index (χ0v) is 9.63. The average Bonchev–Trinajstić information content (AvgIpc) is 2.00. The maximum absolute atomic E-state index is 6.06. The molecule has 0 unspecified atom stereocenters. The van der Waals surface area contributed by atoms with Crippen molar-refractivity contribution >= 4 is 0 Å². The summed E-state index contributed by atoms with van der Waals surface area (Å²) in [6.45, 7) is 8.94. The van der Waals surface area contributed by atoms with E-state index in [2.05, 4.69) is 45.9 Å². The fourth-order valence-corrected chi connectivity index (χ4v) is 2.78. The number of hydrogen-bond donors (Lipinski definition) is 0. The molecule has 0 saturated carbocycles. The number of rotatable bonds is 0. The third-order valence-electron chi connectivity index (χ3n) is 3.43. The monoisotopic (exact) mass is 192 g/mol. The lowest BCUT2D eigenvalue weighted by atomic mass is 9.68. The summed E-state index contributed by atoms with van der Waals surface area (Å²) in [5.74, 6) is 0. The Morgan fingerprint density at radius 3 is 2.79 bits per heavy atom. The summed E-state index contributed by atoms with van der Waals surface area (Å²) in [6, 6.07) is 0. The molecule has 0 aromatic rings. The highest BCUT2D eigenvalue weighted by Crippen LogP contribution is 2.46. The van der Waals surface area contributed by atoms with E-state index in [-0.39, 0.29) is 11.0 Å². The molecule has 1 heteroatoms. The first-order valence-electron chi connectivity index (χ1n) is 5.51. The summed E-state index contributed by atoms with van der Waals surface area (Å²) in [4.78, 5) is 0. The van der Waals surface area contributed by atoms with Crippen molar-refractivity contribution < 1.29 is 4.74 Å². The third kappa shape index (κ3) is 1.44. The van der Waals surface area contributed by atoms with Gasteiger partial charge in [-0.1, -0.05) is 32.1 Å². The minimum atomic E-state index is -0.139. The molecule has 0 fully saturated rings. The largest absolute Gasteiger partial charge is 0.364 e. The number of fused-ring (bicyclic) bond motifs is 1. The molecule has 0 radical (unpaired) electrons. The number of allylic oxidation sites excluding steroid dienone is 1. The molecule has 0 N–H and O–H groups in total. The maximum Gasteiger partial charge on any atom is 0.105 e. The van der Waals surface area contributed by atoms with E-state index in [0.717, 1.165) is 12.8 Å². The first kappa shape index (κ1) is 9.97. The van der Waals surface area contributed by atoms with Crippen LogP contribution in [0.5, 0.6) is 0 Å². The molecular formula is C13H20O. The van der Waals surface area contributed by atoms with E-state index >= 15 is 0 Å². The Balaban J connectivity index is 2.43. The van der Waals surface area contributed by atoms with E-state index in [1.165, 1.54) is 5.57 Å². The van der Waals surface area contributed by atoms with Crippen molar-refractivity contribution in [1.29, 1.82) is 0 Å². The molecule has 1 heterocycles. The molecule has 0 aromatic carbocycles. The van der Waals surface area contributed by atoms with Gasteiger partial charge in [-0.25, -0.2) is 0 Å². The van der Waals surface area contributed by atoms with Crippen molar-refractivity contribution in [3.63, 3.8) is 0 Å². The van der Waals surface area contributed by atoms with E-state index in [1.54, 1.807) is 0 Å². The quantitative estimate of drug-likeness (QED) is 0.534. The molecule has 2 atom stereocenters. The molecule has 14 heavy (non-hydrogen) atoms. The second kappa shape index (κ2) is 2.96. The second-order valence-corrected chi connectivity index (χ2v) is 5.38. The van der Waals surface area contributed by atoms with Crippen molar-refractivity contribution in [3.05, 3.63) is 23.8 Å². The Hall–Kier alpha value is -0.560. The van der Waals surface area contributed by atoms with E-state index in [1.807, 2.05) is 0 Å². The number of hydrogen-bond acceptors (Lipinski definition) is 1. The minimum absolute atomic E-state index is 0.139. The molecule has 0 aromatic heterocycles. The molecule has 0 amide bonds. The summed E-state index contributed by atoms with van der Waals surface area (Å²) >= 11 is 0. The number of ether oxygens (including phenoxy) is 1. The molecule has 0 spiro atoms. The van der Waals surface area contributed by atoms with Crippen molar-refractivity contribution in [1.82, 2.24) is 0 Å². The van der Waals surface area contributed by atoms with Gasteiger partial charge in [0.25, 0.3) is 0 Å². The lowest BCUT2D eigenvalue weighted by molar-refractivity contribution is -0.0433. The zero-order chi connectivity index (χ0) is 10.4. The van der Waals surface area contributed by atoms with Crippen LogP contribution in [0.25, 0.3) is 0 Å². The lowest BCUT2D eigenvalue weighted by Crippen LogP contribution is -2.43. The molecule has 2 rings (SSSR count). The van der Waals surface area contributed by atoms with E-state index < -0.39 is 0 Å². The van der Waals surface area contributed by atoms with E-state index in [9.17, 15) is 0 Å². The Kier molecular flexibility index (Phi) is 2.11. The Bertz CT molecular complexity index is 298. The van der Waals surface area contributed by atoms with Gasteiger partial charge in [-0.05, 0) is 37.7 Å². The first-order chi connectivity index (χ1) is 6.44. The Morgan fingerprint density at radius 1 is 1.36 bits per heavy atom. The predicted molar refractivity (Wildman–Crippen MR) is 59.2 cm³/mol. The zero-order valence-electron chi connectivity index (χ0n) is 9.63. The topological polar surface area (TPSA) is 9.23 Å². The van der Waals surface area contributed by atoms with Crippen LogP contribution in [-0.4, -0.2) is 11.7 Å². The van der Waals surface area contributed by atoms with Crippen LogP contribution >= 0.6 is 0 Å². The van der Waals surface area contributed by atoms with Crippen LogP contribution in [0.15, 0.2) is 23.8 Å². The van der Waals surface area contributed by atoms with Gasteiger partial charge >= 0.3 is 0 Å². The second-order valence-electron chi connectivity index (χ2n) is 5.38. The van der Waals surface area contributed by atoms with Gasteiger partial charge in [0.2, 0.25) is 0 Å². The van der Waals surface area contributed by atoms with Gasteiger partial charge in [-0.15, -0.1) is 0 Å². The van der Waals surface area contributed by atoms with E-state index in [4.69, 9.17) is 4.74 Å². The van der Waals surface area contributed by atoms with Crippen LogP contribution < -0.4 is 0 Å². The molecule has 2 aliphatic rings. The SMILES string of the molecule is C[C@H]1CC=C2C(C)(C)CC=C[C@@]2(C)O1. The summed E-state index contributed by atoms with van der Waals surface area (Å²) in [5.41, 5.74) is 1.59. The van der Waals surface area contributed by atoms with Gasteiger partial charge in [0.05, 0.1) is 6.10 Å². The molecule has 0 bridgehead atoms. The van der Waals surface area contributed by atoms with Crippen LogP contribution in [0.4, 0.5) is 0 Å². The van der Waals surface area contributed by atoms with Gasteiger partial charge < -0.3 is 4.74 Å². The lowest BCUT2D eigenvalue weighted by Gasteiger charge is -2.46. The van der Waals surface area contributed by atoms with Crippen molar-refractivity contribution in [2.75, 3.05) is 0 Å². The normalized spacial score (nSPS) is 40.3. The summed E-state index contributed by atoms with van der Waals surface area (Å²) in [6.07, 6.45) is 9.41. The predicted octanol–water partition coefficient (Wildman–Crippen LogP) is 3.47. The smallest absolute Gasteiger partial charge is 0.105 e. The fraction of sp³-hybridized carbons (Fsp3) is 0.692. The molecular weight excluding hydrogens is 172 g/mol. The first-order valence-corrected chi connectivity index (χ1v) is 5.51. The van der Waals surface area contributed by atoms with Crippen molar-refractivity contribution in [2.24, 2.45) is 5.41 Å². The highest BCUT2D eigenvalue weighted by Gasteiger charge is 2.42. The average molecular weight is 192 g/mol. The highest BCUT2D eigenvalue weighted by molar-refractivity contribution is 5.35. The van der Waals surface area contributed by atoms with Crippen molar-refractivity contribution in [2.45, 2.75) is 52.2 Å². The summed E-state index contributed by atoms with van der Waals surface area (Å²) < 4.78 is 6.06. The maximum atomic E-state index is 6.06. The van der Waals surface area contributed by atoms with Crippen LogP contribution in [0.2, 0.25) is 0 Å². The summed E-state index contributed by atoms with van der Waals surface area (Å²) in [5, 5.41) is 0. The third-order valence-corrected chi connectivity index (χ3v) is 3.43. The Labute approximate surface area is 86.8 Å². The minimum Gasteiger partial charge on any atom is -0.364 e. The van der Waals surface area contributed by atoms with Gasteiger partial charge in [-0.3, -0.25) is 0 Å². The standard InChI is InChI=1S/C13H20O/c1-10-6-7-11-12(2,3)8-5-9-13(11,4)14-10/h5,7,9-10H,6,8H2,1-4H3/t10-,13+/m0/s1. The van der Waals surface area contributed by atoms with Crippen LogP contribution in [0, 0.1) is 5.41 Å². The molecule has 0 saturated heterocycles. The van der Waals surface area contributed by atoms with Crippen LogP contribution in [0.1, 0.15) is 40.5 Å². The van der Waals surface area contributed by atoms with Gasteiger partial charge in [0.1, 0.15) is 5.60 Å². The molecule has 78 valence electrons. The van der Waals surface area contributed by atoms with Gasteiger partial charge in [-0.2, -0.15) is 0 Å². The van der Waals surface area contributed by atoms with Gasteiger partial charge in [0.15, 0.2) is 0 Å². The van der Waals surface area contributed by atoms with Crippen molar-refractivity contribution in [3.8, 4) is 0 Å². The highest BCUT2D eigenvalue weighted by atomic mass is 16.5. The Morgan fingerprint density at radius 2 is 2.07 bits per heavy atom.